The van der Waals surface area contributed by atoms with Crippen LogP contribution in [0.15, 0.2) is 35.1 Å². The lowest BCUT2D eigenvalue weighted by Gasteiger charge is -2.21. The number of rotatable bonds is 6. The molecule has 2 rings (SSSR count). The third kappa shape index (κ3) is 3.39. The van der Waals surface area contributed by atoms with Gasteiger partial charge in [-0.2, -0.15) is 0 Å². The van der Waals surface area contributed by atoms with Gasteiger partial charge in [0.15, 0.2) is 0 Å². The zero-order chi connectivity index (χ0) is 14.5. The van der Waals surface area contributed by atoms with Crippen LogP contribution in [0.5, 0.6) is 0 Å². The molecule has 1 aromatic heterocycles. The van der Waals surface area contributed by atoms with E-state index in [1.807, 2.05) is 24.3 Å². The number of nitrogens with one attached hydrogen (secondary N) is 1. The molecular formula is C15H19ClN2O2. The molecule has 0 amide bonds. The molecule has 108 valence electrons. The molecule has 0 fully saturated rings. The fourth-order valence-electron chi connectivity index (χ4n) is 2.17. The SMILES string of the molecule is CC(C)NC(c1ccccc1Cl)c1nocc1CCO. The van der Waals surface area contributed by atoms with E-state index in [2.05, 4.69) is 24.3 Å². The first-order valence-electron chi connectivity index (χ1n) is 6.68. The molecule has 0 aliphatic carbocycles. The van der Waals surface area contributed by atoms with Gasteiger partial charge in [-0.05, 0) is 25.5 Å². The fraction of sp³-hybridized carbons (Fsp3) is 0.400. The lowest BCUT2D eigenvalue weighted by atomic mass is 9.99. The molecule has 0 aliphatic rings. The number of hydrogen-bond donors (Lipinski definition) is 2. The molecule has 1 aromatic carbocycles. The monoisotopic (exact) mass is 294 g/mol. The number of aliphatic hydroxyl groups is 1. The maximum absolute atomic E-state index is 9.14. The van der Waals surface area contributed by atoms with Crippen LogP contribution in [0.1, 0.15) is 36.7 Å². The lowest BCUT2D eigenvalue weighted by Crippen LogP contribution is -2.30. The molecule has 0 spiro atoms. The predicted molar refractivity (Wildman–Crippen MR) is 78.9 cm³/mol. The van der Waals surface area contributed by atoms with E-state index in [1.165, 1.54) is 0 Å². The average Bonchev–Trinajstić information content (AvgIpc) is 2.85. The Morgan fingerprint density at radius 1 is 1.35 bits per heavy atom. The third-order valence-corrected chi connectivity index (χ3v) is 3.39. The molecule has 1 atom stereocenters. The van der Waals surface area contributed by atoms with E-state index < -0.39 is 0 Å². The highest BCUT2D eigenvalue weighted by atomic mass is 35.5. The Labute approximate surface area is 123 Å². The van der Waals surface area contributed by atoms with Crippen LogP contribution in [0.3, 0.4) is 0 Å². The highest BCUT2D eigenvalue weighted by Gasteiger charge is 2.23. The number of aliphatic hydroxyl groups excluding tert-OH is 1. The minimum Gasteiger partial charge on any atom is -0.396 e. The molecule has 0 bridgehead atoms. The van der Waals surface area contributed by atoms with Crippen LogP contribution in [0.4, 0.5) is 0 Å². The summed E-state index contributed by atoms with van der Waals surface area (Å²) in [5.74, 6) is 0. The molecule has 0 saturated heterocycles. The van der Waals surface area contributed by atoms with Gasteiger partial charge in [-0.3, -0.25) is 0 Å². The summed E-state index contributed by atoms with van der Waals surface area (Å²) in [5, 5.41) is 17.4. The number of nitrogens with zero attached hydrogens (tertiary/aromatic N) is 1. The Balaban J connectivity index is 2.42. The minimum atomic E-state index is -0.149. The average molecular weight is 295 g/mol. The molecule has 1 heterocycles. The quantitative estimate of drug-likeness (QED) is 0.860. The first-order valence-corrected chi connectivity index (χ1v) is 7.05. The van der Waals surface area contributed by atoms with Gasteiger partial charge in [-0.15, -0.1) is 0 Å². The Morgan fingerprint density at radius 2 is 2.10 bits per heavy atom. The summed E-state index contributed by atoms with van der Waals surface area (Å²) in [4.78, 5) is 0. The van der Waals surface area contributed by atoms with Gasteiger partial charge in [0.25, 0.3) is 0 Å². The molecule has 2 N–H and O–H groups in total. The fourth-order valence-corrected chi connectivity index (χ4v) is 2.41. The summed E-state index contributed by atoms with van der Waals surface area (Å²) in [7, 11) is 0. The van der Waals surface area contributed by atoms with Crippen molar-refractivity contribution < 1.29 is 9.63 Å². The number of aromatic nitrogens is 1. The van der Waals surface area contributed by atoms with E-state index in [9.17, 15) is 0 Å². The summed E-state index contributed by atoms with van der Waals surface area (Å²) in [6.45, 7) is 4.19. The van der Waals surface area contributed by atoms with Crippen molar-refractivity contribution in [1.82, 2.24) is 10.5 Å². The van der Waals surface area contributed by atoms with Crippen molar-refractivity contribution >= 4 is 11.6 Å². The number of hydrogen-bond acceptors (Lipinski definition) is 4. The van der Waals surface area contributed by atoms with Gasteiger partial charge >= 0.3 is 0 Å². The summed E-state index contributed by atoms with van der Waals surface area (Å²) < 4.78 is 5.08. The highest BCUT2D eigenvalue weighted by Crippen LogP contribution is 2.30. The third-order valence-electron chi connectivity index (χ3n) is 3.05. The van der Waals surface area contributed by atoms with E-state index in [0.29, 0.717) is 11.4 Å². The van der Waals surface area contributed by atoms with Crippen molar-refractivity contribution in [1.29, 1.82) is 0 Å². The first kappa shape index (κ1) is 15.0. The van der Waals surface area contributed by atoms with Crippen LogP contribution >= 0.6 is 11.6 Å². The zero-order valence-corrected chi connectivity index (χ0v) is 12.4. The lowest BCUT2D eigenvalue weighted by molar-refractivity contribution is 0.298. The zero-order valence-electron chi connectivity index (χ0n) is 11.6. The summed E-state index contributed by atoms with van der Waals surface area (Å²) >= 11 is 6.30. The summed E-state index contributed by atoms with van der Waals surface area (Å²) in [6, 6.07) is 7.79. The van der Waals surface area contributed by atoms with Gasteiger partial charge in [-0.1, -0.05) is 35.0 Å². The van der Waals surface area contributed by atoms with E-state index in [4.69, 9.17) is 21.2 Å². The van der Waals surface area contributed by atoms with Gasteiger partial charge in [-0.25, -0.2) is 0 Å². The molecule has 0 radical (unpaired) electrons. The highest BCUT2D eigenvalue weighted by molar-refractivity contribution is 6.31. The van der Waals surface area contributed by atoms with Crippen molar-refractivity contribution in [2.75, 3.05) is 6.61 Å². The van der Waals surface area contributed by atoms with Gasteiger partial charge in [0.1, 0.15) is 12.0 Å². The van der Waals surface area contributed by atoms with Crippen molar-refractivity contribution in [3.63, 3.8) is 0 Å². The Morgan fingerprint density at radius 3 is 2.75 bits per heavy atom. The van der Waals surface area contributed by atoms with Gasteiger partial charge < -0.3 is 14.9 Å². The molecule has 20 heavy (non-hydrogen) atoms. The van der Waals surface area contributed by atoms with Crippen LogP contribution in [0.2, 0.25) is 5.02 Å². The second-order valence-electron chi connectivity index (χ2n) is 4.97. The van der Waals surface area contributed by atoms with Crippen molar-refractivity contribution in [3.05, 3.63) is 52.4 Å². The van der Waals surface area contributed by atoms with Gasteiger partial charge in [0, 0.05) is 29.7 Å². The standard InChI is InChI=1S/C15H19ClN2O2/c1-10(2)17-15(12-5-3-4-6-13(12)16)14-11(7-8-19)9-20-18-14/h3-6,9-10,15,17,19H,7-8H2,1-2H3. The Hall–Kier alpha value is -1.36. The van der Waals surface area contributed by atoms with E-state index in [-0.39, 0.29) is 18.7 Å². The number of benzene rings is 1. The maximum atomic E-state index is 9.14. The smallest absolute Gasteiger partial charge is 0.127 e. The van der Waals surface area contributed by atoms with Gasteiger partial charge in [0.05, 0.1) is 6.04 Å². The molecule has 0 saturated carbocycles. The Kier molecular flexibility index (Phi) is 5.17. The van der Waals surface area contributed by atoms with E-state index >= 15 is 0 Å². The maximum Gasteiger partial charge on any atom is 0.127 e. The molecule has 4 nitrogen and oxygen atoms in total. The van der Waals surface area contributed by atoms with E-state index in [0.717, 1.165) is 16.8 Å². The summed E-state index contributed by atoms with van der Waals surface area (Å²) in [5.41, 5.74) is 2.63. The van der Waals surface area contributed by atoms with Crippen LogP contribution in [0, 0.1) is 0 Å². The van der Waals surface area contributed by atoms with Crippen LogP contribution in [-0.4, -0.2) is 22.9 Å². The second kappa shape index (κ2) is 6.88. The molecule has 0 aliphatic heterocycles. The topological polar surface area (TPSA) is 58.3 Å². The molecule has 5 heteroatoms. The minimum absolute atomic E-state index is 0.0606. The second-order valence-corrected chi connectivity index (χ2v) is 5.38. The predicted octanol–water partition coefficient (Wildman–Crippen LogP) is 2.95. The van der Waals surface area contributed by atoms with E-state index in [1.54, 1.807) is 6.26 Å². The van der Waals surface area contributed by atoms with Crippen molar-refractivity contribution in [2.24, 2.45) is 0 Å². The molecular weight excluding hydrogens is 276 g/mol. The largest absolute Gasteiger partial charge is 0.396 e. The first-order chi connectivity index (χ1) is 9.63. The van der Waals surface area contributed by atoms with Gasteiger partial charge in [0.2, 0.25) is 0 Å². The van der Waals surface area contributed by atoms with Crippen molar-refractivity contribution in [3.8, 4) is 0 Å². The summed E-state index contributed by atoms with van der Waals surface area (Å²) in [6.07, 6.45) is 2.09. The van der Waals surface area contributed by atoms with Crippen LogP contribution in [0.25, 0.3) is 0 Å². The normalized spacial score (nSPS) is 12.8. The van der Waals surface area contributed by atoms with Crippen LogP contribution in [-0.2, 0) is 6.42 Å². The number of halogens is 1. The van der Waals surface area contributed by atoms with Crippen LogP contribution < -0.4 is 5.32 Å². The Bertz CT molecular complexity index is 554. The van der Waals surface area contributed by atoms with Crippen molar-refractivity contribution in [2.45, 2.75) is 32.4 Å². The molecule has 1 unspecified atom stereocenters. The molecule has 2 aromatic rings.